The second kappa shape index (κ2) is 4.24. The van der Waals surface area contributed by atoms with Crippen LogP contribution in [0.3, 0.4) is 0 Å². The van der Waals surface area contributed by atoms with E-state index in [1.54, 1.807) is 6.07 Å². The standard InChI is InChI=1S/C13H18N2O/c1-9(2)11-5-4-6-12(14-11)13(16)15-7-10(3)8-15/h4-6,9-10H,7-8H2,1-3H3. The van der Waals surface area contributed by atoms with E-state index in [0.717, 1.165) is 18.8 Å². The summed E-state index contributed by atoms with van der Waals surface area (Å²) in [4.78, 5) is 18.3. The van der Waals surface area contributed by atoms with Crippen molar-refractivity contribution in [3.8, 4) is 0 Å². The van der Waals surface area contributed by atoms with E-state index >= 15 is 0 Å². The van der Waals surface area contributed by atoms with Crippen molar-refractivity contribution in [3.05, 3.63) is 29.6 Å². The predicted molar refractivity (Wildman–Crippen MR) is 63.4 cm³/mol. The molecule has 16 heavy (non-hydrogen) atoms. The van der Waals surface area contributed by atoms with Crippen LogP contribution in [0.15, 0.2) is 18.2 Å². The molecule has 0 unspecified atom stereocenters. The van der Waals surface area contributed by atoms with Crippen molar-refractivity contribution in [1.82, 2.24) is 9.88 Å². The van der Waals surface area contributed by atoms with Gasteiger partial charge in [-0.1, -0.05) is 26.8 Å². The van der Waals surface area contributed by atoms with Gasteiger partial charge in [0.05, 0.1) is 0 Å². The van der Waals surface area contributed by atoms with Crippen molar-refractivity contribution < 1.29 is 4.79 Å². The second-order valence-corrected chi connectivity index (χ2v) is 4.92. The maximum Gasteiger partial charge on any atom is 0.272 e. The van der Waals surface area contributed by atoms with Crippen LogP contribution in [0.25, 0.3) is 0 Å². The van der Waals surface area contributed by atoms with Crippen molar-refractivity contribution in [2.24, 2.45) is 5.92 Å². The Morgan fingerprint density at radius 2 is 2.12 bits per heavy atom. The lowest BCUT2D eigenvalue weighted by Crippen LogP contribution is -2.48. The van der Waals surface area contributed by atoms with Crippen LogP contribution < -0.4 is 0 Å². The first kappa shape index (κ1) is 11.1. The third kappa shape index (κ3) is 2.08. The summed E-state index contributed by atoms with van der Waals surface area (Å²) < 4.78 is 0. The Hall–Kier alpha value is -1.38. The number of nitrogens with zero attached hydrogens (tertiary/aromatic N) is 2. The summed E-state index contributed by atoms with van der Waals surface area (Å²) in [6.07, 6.45) is 0. The van der Waals surface area contributed by atoms with E-state index in [2.05, 4.69) is 25.8 Å². The van der Waals surface area contributed by atoms with E-state index in [4.69, 9.17) is 0 Å². The molecule has 0 saturated carbocycles. The number of pyridine rings is 1. The predicted octanol–water partition coefficient (Wildman–Crippen LogP) is 2.30. The van der Waals surface area contributed by atoms with Crippen LogP contribution in [-0.4, -0.2) is 28.9 Å². The van der Waals surface area contributed by atoms with Crippen molar-refractivity contribution in [2.75, 3.05) is 13.1 Å². The van der Waals surface area contributed by atoms with E-state index in [0.29, 0.717) is 17.5 Å². The molecule has 0 bridgehead atoms. The number of hydrogen-bond donors (Lipinski definition) is 0. The zero-order valence-electron chi connectivity index (χ0n) is 10.1. The van der Waals surface area contributed by atoms with Gasteiger partial charge in [0.25, 0.3) is 5.91 Å². The maximum atomic E-state index is 12.0. The maximum absolute atomic E-state index is 12.0. The Kier molecular flexibility index (Phi) is 2.95. The zero-order valence-corrected chi connectivity index (χ0v) is 10.1. The Labute approximate surface area is 96.5 Å². The minimum Gasteiger partial charge on any atom is -0.337 e. The Morgan fingerprint density at radius 3 is 2.69 bits per heavy atom. The average Bonchev–Trinajstić information content (AvgIpc) is 2.24. The minimum atomic E-state index is 0.0700. The Morgan fingerprint density at radius 1 is 1.44 bits per heavy atom. The largest absolute Gasteiger partial charge is 0.337 e. The fourth-order valence-corrected chi connectivity index (χ4v) is 1.92. The van der Waals surface area contributed by atoms with Gasteiger partial charge in [0.2, 0.25) is 0 Å². The molecule has 1 saturated heterocycles. The van der Waals surface area contributed by atoms with Crippen molar-refractivity contribution >= 4 is 5.91 Å². The van der Waals surface area contributed by atoms with Crippen molar-refractivity contribution in [1.29, 1.82) is 0 Å². The van der Waals surface area contributed by atoms with Crippen LogP contribution >= 0.6 is 0 Å². The topological polar surface area (TPSA) is 33.2 Å². The molecule has 1 aliphatic heterocycles. The molecule has 0 N–H and O–H groups in total. The molecule has 1 aromatic rings. The second-order valence-electron chi connectivity index (χ2n) is 4.92. The fraction of sp³-hybridized carbons (Fsp3) is 0.538. The highest BCUT2D eigenvalue weighted by molar-refractivity contribution is 5.92. The molecule has 2 rings (SSSR count). The SMILES string of the molecule is CC1CN(C(=O)c2cccc(C(C)C)n2)C1. The van der Waals surface area contributed by atoms with Crippen molar-refractivity contribution in [2.45, 2.75) is 26.7 Å². The summed E-state index contributed by atoms with van der Waals surface area (Å²) in [7, 11) is 0. The highest BCUT2D eigenvalue weighted by Crippen LogP contribution is 2.18. The van der Waals surface area contributed by atoms with Gasteiger partial charge >= 0.3 is 0 Å². The molecule has 2 heterocycles. The third-order valence-corrected chi connectivity index (χ3v) is 2.93. The number of likely N-dealkylation sites (tertiary alicyclic amines) is 1. The van der Waals surface area contributed by atoms with Crippen LogP contribution in [0, 0.1) is 5.92 Å². The number of carbonyl (C=O) groups is 1. The number of aromatic nitrogens is 1. The first-order chi connectivity index (χ1) is 7.58. The summed E-state index contributed by atoms with van der Waals surface area (Å²) in [5.74, 6) is 1.07. The van der Waals surface area contributed by atoms with Gasteiger partial charge in [0.1, 0.15) is 5.69 Å². The smallest absolute Gasteiger partial charge is 0.272 e. The van der Waals surface area contributed by atoms with Gasteiger partial charge in [-0.05, 0) is 24.0 Å². The lowest BCUT2D eigenvalue weighted by Gasteiger charge is -2.36. The van der Waals surface area contributed by atoms with Gasteiger partial charge in [-0.3, -0.25) is 4.79 Å². The molecule has 1 aliphatic rings. The van der Waals surface area contributed by atoms with Crippen LogP contribution in [0.1, 0.15) is 42.9 Å². The van der Waals surface area contributed by atoms with Gasteiger partial charge in [0, 0.05) is 18.8 Å². The molecule has 0 aliphatic carbocycles. The van der Waals surface area contributed by atoms with Crippen LogP contribution in [0.5, 0.6) is 0 Å². The van der Waals surface area contributed by atoms with E-state index in [9.17, 15) is 4.79 Å². The fourth-order valence-electron chi connectivity index (χ4n) is 1.92. The van der Waals surface area contributed by atoms with Gasteiger partial charge in [0.15, 0.2) is 0 Å². The van der Waals surface area contributed by atoms with Crippen LogP contribution in [-0.2, 0) is 0 Å². The zero-order chi connectivity index (χ0) is 11.7. The van der Waals surface area contributed by atoms with Gasteiger partial charge in [-0.15, -0.1) is 0 Å². The molecule has 3 heteroatoms. The molecule has 3 nitrogen and oxygen atoms in total. The number of amides is 1. The minimum absolute atomic E-state index is 0.0700. The number of hydrogen-bond acceptors (Lipinski definition) is 2. The van der Waals surface area contributed by atoms with E-state index in [1.165, 1.54) is 0 Å². The molecule has 1 fully saturated rings. The number of rotatable bonds is 2. The highest BCUT2D eigenvalue weighted by atomic mass is 16.2. The molecular weight excluding hydrogens is 200 g/mol. The van der Waals surface area contributed by atoms with Crippen LogP contribution in [0.4, 0.5) is 0 Å². The Balaban J connectivity index is 2.14. The lowest BCUT2D eigenvalue weighted by atomic mass is 10.0. The van der Waals surface area contributed by atoms with E-state index in [1.807, 2.05) is 17.0 Å². The third-order valence-electron chi connectivity index (χ3n) is 2.93. The molecule has 0 atom stereocenters. The van der Waals surface area contributed by atoms with E-state index < -0.39 is 0 Å². The highest BCUT2D eigenvalue weighted by Gasteiger charge is 2.28. The monoisotopic (exact) mass is 218 g/mol. The summed E-state index contributed by atoms with van der Waals surface area (Å²) in [5.41, 5.74) is 1.57. The van der Waals surface area contributed by atoms with Gasteiger partial charge < -0.3 is 4.90 Å². The summed E-state index contributed by atoms with van der Waals surface area (Å²) in [5, 5.41) is 0. The van der Waals surface area contributed by atoms with Gasteiger partial charge in [-0.2, -0.15) is 0 Å². The first-order valence-electron chi connectivity index (χ1n) is 5.84. The van der Waals surface area contributed by atoms with Crippen molar-refractivity contribution in [3.63, 3.8) is 0 Å². The van der Waals surface area contributed by atoms with Crippen LogP contribution in [0.2, 0.25) is 0 Å². The average molecular weight is 218 g/mol. The molecule has 0 radical (unpaired) electrons. The quantitative estimate of drug-likeness (QED) is 0.763. The van der Waals surface area contributed by atoms with Gasteiger partial charge in [-0.25, -0.2) is 4.98 Å². The molecule has 0 spiro atoms. The summed E-state index contributed by atoms with van der Waals surface area (Å²) >= 11 is 0. The molecule has 1 aromatic heterocycles. The molecule has 1 amide bonds. The molecular formula is C13H18N2O. The first-order valence-corrected chi connectivity index (χ1v) is 5.84. The Bertz CT molecular complexity index is 395. The normalized spacial score (nSPS) is 16.4. The lowest BCUT2D eigenvalue weighted by molar-refractivity contribution is 0.0524. The summed E-state index contributed by atoms with van der Waals surface area (Å²) in [6, 6.07) is 5.69. The number of carbonyl (C=O) groups excluding carboxylic acids is 1. The summed E-state index contributed by atoms with van der Waals surface area (Å²) in [6.45, 7) is 8.06. The molecule has 86 valence electrons. The molecule has 0 aromatic carbocycles. The van der Waals surface area contributed by atoms with E-state index in [-0.39, 0.29) is 5.91 Å².